The Hall–Kier alpha value is -3.15. The molecule has 34 heavy (non-hydrogen) atoms. The van der Waals surface area contributed by atoms with Crippen LogP contribution in [0.2, 0.25) is 0 Å². The number of carbonyl (C=O) groups is 2. The number of ketones is 1. The highest BCUT2D eigenvalue weighted by Gasteiger charge is 2.48. The molecule has 0 radical (unpaired) electrons. The highest BCUT2D eigenvalue weighted by Crippen LogP contribution is 2.44. The largest absolute Gasteiger partial charge is 0.507 e. The van der Waals surface area contributed by atoms with E-state index in [4.69, 9.17) is 4.74 Å². The molecule has 6 heteroatoms. The molecule has 2 fully saturated rings. The summed E-state index contributed by atoms with van der Waals surface area (Å²) in [6, 6.07) is 10.2. The number of rotatable bonds is 4. The Morgan fingerprint density at radius 3 is 2.26 bits per heavy atom. The van der Waals surface area contributed by atoms with Gasteiger partial charge < -0.3 is 14.7 Å². The van der Waals surface area contributed by atoms with Gasteiger partial charge >= 0.3 is 0 Å². The van der Waals surface area contributed by atoms with E-state index in [1.807, 2.05) is 26.8 Å². The summed E-state index contributed by atoms with van der Waals surface area (Å²) in [5.41, 5.74) is 1.70. The monoisotopic (exact) mass is 465 g/mol. The van der Waals surface area contributed by atoms with Gasteiger partial charge in [-0.1, -0.05) is 52.2 Å². The summed E-state index contributed by atoms with van der Waals surface area (Å²) in [5, 5.41) is 11.4. The Labute approximate surface area is 200 Å². The smallest absolute Gasteiger partial charge is 0.295 e. The summed E-state index contributed by atoms with van der Waals surface area (Å²) < 4.78 is 19.2. The van der Waals surface area contributed by atoms with Gasteiger partial charge in [-0.05, 0) is 54.2 Å². The third kappa shape index (κ3) is 4.33. The molecule has 180 valence electrons. The molecule has 0 bridgehead atoms. The third-order valence-electron chi connectivity index (χ3n) is 6.91. The van der Waals surface area contributed by atoms with E-state index >= 15 is 0 Å². The summed E-state index contributed by atoms with van der Waals surface area (Å²) in [7, 11) is 1.59. The van der Waals surface area contributed by atoms with Crippen molar-refractivity contribution >= 4 is 17.4 Å². The number of methoxy groups -OCH3 is 1. The predicted octanol–water partition coefficient (Wildman–Crippen LogP) is 5.89. The van der Waals surface area contributed by atoms with Crippen LogP contribution < -0.4 is 4.74 Å². The molecule has 1 atom stereocenters. The number of amides is 1. The maximum absolute atomic E-state index is 13.7. The van der Waals surface area contributed by atoms with Crippen molar-refractivity contribution in [1.82, 2.24) is 4.90 Å². The van der Waals surface area contributed by atoms with E-state index in [9.17, 15) is 19.1 Å². The molecule has 1 N–H and O–H groups in total. The van der Waals surface area contributed by atoms with Crippen LogP contribution in [0.3, 0.4) is 0 Å². The molecule has 4 rings (SSSR count). The summed E-state index contributed by atoms with van der Waals surface area (Å²) in [5.74, 6) is -1.25. The molecule has 1 saturated heterocycles. The van der Waals surface area contributed by atoms with Crippen molar-refractivity contribution in [1.29, 1.82) is 0 Å². The van der Waals surface area contributed by atoms with Gasteiger partial charge in [0.2, 0.25) is 0 Å². The first kappa shape index (κ1) is 24.0. The van der Waals surface area contributed by atoms with Gasteiger partial charge in [-0.3, -0.25) is 9.59 Å². The quantitative estimate of drug-likeness (QED) is 0.348. The van der Waals surface area contributed by atoms with Crippen LogP contribution in [-0.2, 0) is 15.0 Å². The van der Waals surface area contributed by atoms with Gasteiger partial charge in [0, 0.05) is 17.2 Å². The van der Waals surface area contributed by atoms with Crippen molar-refractivity contribution in [3.8, 4) is 5.75 Å². The number of hydrogen-bond acceptors (Lipinski definition) is 4. The van der Waals surface area contributed by atoms with E-state index in [0.29, 0.717) is 16.9 Å². The van der Waals surface area contributed by atoms with Gasteiger partial charge in [-0.15, -0.1) is 0 Å². The lowest BCUT2D eigenvalue weighted by Gasteiger charge is -2.35. The standard InChI is InChI=1S/C28H32FNO4/c1-28(2,3)21-16-18(12-15-22(21)34-4)25(31)23-24(17-10-13-19(29)14-11-17)30(27(33)26(23)32)20-8-6-5-7-9-20/h10-16,20,24,31H,5-9H2,1-4H3/b25-23-. The fourth-order valence-corrected chi connectivity index (χ4v) is 5.16. The first-order chi connectivity index (χ1) is 16.1. The van der Waals surface area contributed by atoms with E-state index in [1.54, 1.807) is 36.3 Å². The van der Waals surface area contributed by atoms with Crippen LogP contribution in [0.5, 0.6) is 5.75 Å². The van der Waals surface area contributed by atoms with Gasteiger partial charge in [0.15, 0.2) is 0 Å². The minimum atomic E-state index is -0.760. The molecule has 5 nitrogen and oxygen atoms in total. The van der Waals surface area contributed by atoms with Crippen molar-refractivity contribution in [2.24, 2.45) is 0 Å². The van der Waals surface area contributed by atoms with E-state index < -0.39 is 23.5 Å². The number of hydrogen-bond donors (Lipinski definition) is 1. The third-order valence-corrected chi connectivity index (χ3v) is 6.91. The Kier molecular flexibility index (Phi) is 6.52. The second-order valence-electron chi connectivity index (χ2n) is 10.2. The molecule has 0 spiro atoms. The van der Waals surface area contributed by atoms with Gasteiger partial charge in [-0.25, -0.2) is 4.39 Å². The first-order valence-electron chi connectivity index (χ1n) is 11.9. The van der Waals surface area contributed by atoms with Crippen LogP contribution in [0.4, 0.5) is 4.39 Å². The van der Waals surface area contributed by atoms with Crippen molar-refractivity contribution in [2.75, 3.05) is 7.11 Å². The fourth-order valence-electron chi connectivity index (χ4n) is 5.16. The van der Waals surface area contributed by atoms with Crippen LogP contribution in [0.15, 0.2) is 48.0 Å². The van der Waals surface area contributed by atoms with Crippen LogP contribution in [0.1, 0.15) is 75.6 Å². The Bertz CT molecular complexity index is 1120. The Morgan fingerprint density at radius 2 is 1.68 bits per heavy atom. The fraction of sp³-hybridized carbons (Fsp3) is 0.429. The van der Waals surface area contributed by atoms with Crippen molar-refractivity contribution in [2.45, 2.75) is 70.4 Å². The number of aliphatic hydroxyl groups excluding tert-OH is 1. The molecule has 2 aromatic rings. The lowest BCUT2D eigenvalue weighted by molar-refractivity contribution is -0.141. The second kappa shape index (κ2) is 9.24. The van der Waals surface area contributed by atoms with Gasteiger partial charge in [0.25, 0.3) is 11.7 Å². The van der Waals surface area contributed by atoms with Crippen molar-refractivity contribution < 1.29 is 23.8 Å². The minimum Gasteiger partial charge on any atom is -0.507 e. The Morgan fingerprint density at radius 1 is 1.03 bits per heavy atom. The highest BCUT2D eigenvalue weighted by atomic mass is 19.1. The topological polar surface area (TPSA) is 66.8 Å². The number of aliphatic hydroxyl groups is 1. The zero-order chi connectivity index (χ0) is 24.6. The normalized spacial score (nSPS) is 21.2. The number of benzene rings is 2. The highest BCUT2D eigenvalue weighted by molar-refractivity contribution is 6.46. The van der Waals surface area contributed by atoms with Crippen molar-refractivity contribution in [3.63, 3.8) is 0 Å². The van der Waals surface area contributed by atoms with E-state index in [1.165, 1.54) is 12.1 Å². The van der Waals surface area contributed by atoms with Crippen LogP contribution in [0, 0.1) is 5.82 Å². The lowest BCUT2D eigenvalue weighted by Crippen LogP contribution is -2.40. The molecule has 1 aliphatic heterocycles. The first-order valence-corrected chi connectivity index (χ1v) is 11.9. The summed E-state index contributed by atoms with van der Waals surface area (Å²) >= 11 is 0. The second-order valence-corrected chi connectivity index (χ2v) is 10.2. The molecule has 1 aliphatic carbocycles. The van der Waals surface area contributed by atoms with Crippen LogP contribution in [0.25, 0.3) is 5.76 Å². The molecular formula is C28H32FNO4. The lowest BCUT2D eigenvalue weighted by atomic mass is 9.84. The number of likely N-dealkylation sites (tertiary alicyclic amines) is 1. The molecule has 0 aromatic heterocycles. The number of ether oxygens (including phenoxy) is 1. The number of Topliss-reactive ketones (excluding diaryl/α,β-unsaturated/α-hetero) is 1. The minimum absolute atomic E-state index is 0.0483. The van der Waals surface area contributed by atoms with Crippen LogP contribution in [-0.4, -0.2) is 34.8 Å². The number of carbonyl (C=O) groups excluding carboxylic acids is 2. The molecule has 1 unspecified atom stereocenters. The number of halogens is 1. The predicted molar refractivity (Wildman–Crippen MR) is 129 cm³/mol. The Balaban J connectivity index is 1.89. The van der Waals surface area contributed by atoms with E-state index in [-0.39, 0.29) is 22.8 Å². The van der Waals surface area contributed by atoms with E-state index in [2.05, 4.69) is 0 Å². The average molecular weight is 466 g/mol. The maximum Gasteiger partial charge on any atom is 0.295 e. The van der Waals surface area contributed by atoms with Gasteiger partial charge in [-0.2, -0.15) is 0 Å². The maximum atomic E-state index is 13.7. The molecular weight excluding hydrogens is 433 g/mol. The van der Waals surface area contributed by atoms with Gasteiger partial charge in [0.1, 0.15) is 17.3 Å². The van der Waals surface area contributed by atoms with Crippen molar-refractivity contribution in [3.05, 3.63) is 70.5 Å². The average Bonchev–Trinajstić information content (AvgIpc) is 3.09. The molecule has 1 heterocycles. The molecule has 1 amide bonds. The summed E-state index contributed by atoms with van der Waals surface area (Å²) in [6.45, 7) is 6.11. The molecule has 2 aliphatic rings. The molecule has 1 saturated carbocycles. The molecule has 2 aromatic carbocycles. The number of nitrogens with zero attached hydrogens (tertiary/aromatic N) is 1. The zero-order valence-electron chi connectivity index (χ0n) is 20.2. The SMILES string of the molecule is COc1ccc(/C(O)=C2/C(=O)C(=O)N(C3CCCCC3)C2c2ccc(F)cc2)cc1C(C)(C)C. The van der Waals surface area contributed by atoms with Gasteiger partial charge in [0.05, 0.1) is 18.7 Å². The van der Waals surface area contributed by atoms with E-state index in [0.717, 1.165) is 37.7 Å². The zero-order valence-corrected chi connectivity index (χ0v) is 20.2. The summed E-state index contributed by atoms with van der Waals surface area (Å²) in [6.07, 6.45) is 4.68. The van der Waals surface area contributed by atoms with Crippen LogP contribution >= 0.6 is 0 Å². The summed E-state index contributed by atoms with van der Waals surface area (Å²) in [4.78, 5) is 28.2.